The summed E-state index contributed by atoms with van der Waals surface area (Å²) in [5.74, 6) is 1.34. The molecule has 5 heteroatoms. The van der Waals surface area contributed by atoms with E-state index in [1.54, 1.807) is 7.11 Å². The zero-order chi connectivity index (χ0) is 17.2. The fourth-order valence-corrected chi connectivity index (χ4v) is 3.68. The Bertz CT molecular complexity index is 617. The second-order valence-corrected chi connectivity index (χ2v) is 7.20. The number of benzene rings is 1. The summed E-state index contributed by atoms with van der Waals surface area (Å²) >= 11 is 0. The van der Waals surface area contributed by atoms with E-state index < -0.39 is 5.41 Å². The lowest BCUT2D eigenvalue weighted by Crippen LogP contribution is -2.49. The van der Waals surface area contributed by atoms with Gasteiger partial charge in [0.25, 0.3) is 0 Å². The molecule has 1 aromatic carbocycles. The fourth-order valence-electron chi connectivity index (χ4n) is 3.68. The van der Waals surface area contributed by atoms with Crippen molar-refractivity contribution in [3.05, 3.63) is 29.8 Å². The summed E-state index contributed by atoms with van der Waals surface area (Å²) in [7, 11) is 1.62. The minimum absolute atomic E-state index is 0.104. The third kappa shape index (κ3) is 3.71. The molecule has 0 aromatic heterocycles. The first kappa shape index (κ1) is 16.8. The van der Waals surface area contributed by atoms with Crippen molar-refractivity contribution in [3.63, 3.8) is 0 Å². The summed E-state index contributed by atoms with van der Waals surface area (Å²) in [5, 5.41) is 0. The normalized spacial score (nSPS) is 19.8. The second kappa shape index (κ2) is 6.83. The Morgan fingerprint density at radius 1 is 1.29 bits per heavy atom. The largest absolute Gasteiger partial charge is 0.497 e. The Kier molecular flexibility index (Phi) is 4.78. The van der Waals surface area contributed by atoms with E-state index in [1.807, 2.05) is 29.2 Å². The van der Waals surface area contributed by atoms with Gasteiger partial charge < -0.3 is 15.4 Å². The smallest absolute Gasteiger partial charge is 0.226 e. The van der Waals surface area contributed by atoms with Gasteiger partial charge in [-0.1, -0.05) is 25.0 Å². The van der Waals surface area contributed by atoms with E-state index in [2.05, 4.69) is 0 Å². The van der Waals surface area contributed by atoms with Crippen molar-refractivity contribution in [2.75, 3.05) is 20.2 Å². The van der Waals surface area contributed by atoms with Gasteiger partial charge in [-0.25, -0.2) is 0 Å². The lowest BCUT2D eigenvalue weighted by atomic mass is 9.73. The number of hydrogen-bond acceptors (Lipinski definition) is 3. The van der Waals surface area contributed by atoms with Crippen molar-refractivity contribution in [3.8, 4) is 5.75 Å². The van der Waals surface area contributed by atoms with Gasteiger partial charge in [0.05, 0.1) is 18.9 Å². The van der Waals surface area contributed by atoms with Gasteiger partial charge in [0.15, 0.2) is 0 Å². The van der Waals surface area contributed by atoms with E-state index in [4.69, 9.17) is 10.5 Å². The molecule has 1 heterocycles. The summed E-state index contributed by atoms with van der Waals surface area (Å²) in [6, 6.07) is 7.59. The topological polar surface area (TPSA) is 72.6 Å². The number of likely N-dealkylation sites (tertiary alicyclic amines) is 1. The van der Waals surface area contributed by atoms with Gasteiger partial charge >= 0.3 is 0 Å². The standard InChI is InChI=1S/C19H26N2O3/c1-24-16-4-2-3-15(11-16)12-17(22)21-9-7-19(8-10-21,18(20)23)13-14-5-6-14/h2-4,11,14H,5-10,12-13H2,1H3,(H2,20,23). The molecule has 130 valence electrons. The molecule has 0 unspecified atom stereocenters. The first-order chi connectivity index (χ1) is 11.5. The molecule has 1 saturated carbocycles. The molecule has 1 aliphatic heterocycles. The molecular formula is C19H26N2O3. The van der Waals surface area contributed by atoms with Crippen LogP contribution in [0.5, 0.6) is 5.75 Å². The highest BCUT2D eigenvalue weighted by molar-refractivity contribution is 5.82. The quantitative estimate of drug-likeness (QED) is 0.868. The van der Waals surface area contributed by atoms with E-state index >= 15 is 0 Å². The van der Waals surface area contributed by atoms with Crippen LogP contribution in [-0.2, 0) is 16.0 Å². The van der Waals surface area contributed by atoms with Crippen LogP contribution in [0.3, 0.4) is 0 Å². The maximum absolute atomic E-state index is 12.6. The SMILES string of the molecule is COc1cccc(CC(=O)N2CCC(CC3CC3)(C(N)=O)CC2)c1. The van der Waals surface area contributed by atoms with Crippen molar-refractivity contribution < 1.29 is 14.3 Å². The van der Waals surface area contributed by atoms with E-state index in [-0.39, 0.29) is 11.8 Å². The van der Waals surface area contributed by atoms with Crippen LogP contribution in [0.15, 0.2) is 24.3 Å². The number of nitrogens with two attached hydrogens (primary N) is 1. The van der Waals surface area contributed by atoms with Crippen LogP contribution >= 0.6 is 0 Å². The Labute approximate surface area is 143 Å². The number of amides is 2. The number of nitrogens with zero attached hydrogens (tertiary/aromatic N) is 1. The molecule has 2 fully saturated rings. The number of carbonyl (C=O) groups excluding carboxylic acids is 2. The van der Waals surface area contributed by atoms with Crippen molar-refractivity contribution >= 4 is 11.8 Å². The van der Waals surface area contributed by atoms with Gasteiger partial charge in [-0.15, -0.1) is 0 Å². The minimum atomic E-state index is -0.395. The van der Waals surface area contributed by atoms with Gasteiger partial charge in [-0.2, -0.15) is 0 Å². The number of methoxy groups -OCH3 is 1. The molecule has 1 aromatic rings. The number of rotatable bonds is 6. The molecule has 0 spiro atoms. The zero-order valence-corrected chi connectivity index (χ0v) is 14.3. The van der Waals surface area contributed by atoms with Crippen LogP contribution < -0.4 is 10.5 Å². The molecular weight excluding hydrogens is 304 g/mol. The first-order valence-corrected chi connectivity index (χ1v) is 8.73. The summed E-state index contributed by atoms with van der Waals surface area (Å²) in [4.78, 5) is 26.4. The Hall–Kier alpha value is -2.04. The van der Waals surface area contributed by atoms with E-state index in [0.717, 1.165) is 17.7 Å². The average molecular weight is 330 g/mol. The summed E-state index contributed by atoms with van der Waals surface area (Å²) in [6.07, 6.45) is 5.09. The molecule has 2 aliphatic rings. The number of carbonyl (C=O) groups is 2. The predicted molar refractivity (Wildman–Crippen MR) is 91.5 cm³/mol. The molecule has 3 rings (SSSR count). The summed E-state index contributed by atoms with van der Waals surface area (Å²) in [6.45, 7) is 1.25. The Morgan fingerprint density at radius 3 is 2.58 bits per heavy atom. The molecule has 0 radical (unpaired) electrons. The van der Waals surface area contributed by atoms with Crippen molar-refractivity contribution in [1.82, 2.24) is 4.90 Å². The van der Waals surface area contributed by atoms with E-state index in [0.29, 0.717) is 38.3 Å². The first-order valence-electron chi connectivity index (χ1n) is 8.73. The van der Waals surface area contributed by atoms with Crippen molar-refractivity contribution in [1.29, 1.82) is 0 Å². The van der Waals surface area contributed by atoms with Gasteiger partial charge in [0.1, 0.15) is 5.75 Å². The average Bonchev–Trinajstić information content (AvgIpc) is 3.39. The molecule has 5 nitrogen and oxygen atoms in total. The summed E-state index contributed by atoms with van der Waals surface area (Å²) < 4.78 is 5.20. The van der Waals surface area contributed by atoms with Crippen LogP contribution in [-0.4, -0.2) is 36.9 Å². The van der Waals surface area contributed by atoms with Gasteiger partial charge in [0.2, 0.25) is 11.8 Å². The van der Waals surface area contributed by atoms with Crippen LogP contribution in [0.4, 0.5) is 0 Å². The number of ether oxygens (including phenoxy) is 1. The molecule has 1 saturated heterocycles. The predicted octanol–water partition coefficient (Wildman–Crippen LogP) is 2.13. The Morgan fingerprint density at radius 2 is 2.00 bits per heavy atom. The zero-order valence-electron chi connectivity index (χ0n) is 14.3. The third-order valence-electron chi connectivity index (χ3n) is 5.46. The highest BCUT2D eigenvalue weighted by Crippen LogP contribution is 2.45. The van der Waals surface area contributed by atoms with Gasteiger partial charge in [0, 0.05) is 13.1 Å². The highest BCUT2D eigenvalue weighted by Gasteiger charge is 2.44. The van der Waals surface area contributed by atoms with Crippen LogP contribution in [0, 0.1) is 11.3 Å². The molecule has 0 bridgehead atoms. The van der Waals surface area contributed by atoms with Crippen LogP contribution in [0.25, 0.3) is 0 Å². The Balaban J connectivity index is 1.58. The molecule has 0 atom stereocenters. The lowest BCUT2D eigenvalue weighted by Gasteiger charge is -2.40. The summed E-state index contributed by atoms with van der Waals surface area (Å²) in [5.41, 5.74) is 6.25. The molecule has 2 amide bonds. The number of piperidine rings is 1. The molecule has 24 heavy (non-hydrogen) atoms. The van der Waals surface area contributed by atoms with Crippen molar-refractivity contribution in [2.45, 2.75) is 38.5 Å². The van der Waals surface area contributed by atoms with Gasteiger partial charge in [-0.05, 0) is 42.9 Å². The maximum Gasteiger partial charge on any atom is 0.226 e. The number of hydrogen-bond donors (Lipinski definition) is 1. The van der Waals surface area contributed by atoms with Crippen LogP contribution in [0.2, 0.25) is 0 Å². The van der Waals surface area contributed by atoms with E-state index in [1.165, 1.54) is 12.8 Å². The fraction of sp³-hybridized carbons (Fsp3) is 0.579. The monoisotopic (exact) mass is 330 g/mol. The van der Waals surface area contributed by atoms with Crippen molar-refractivity contribution in [2.24, 2.45) is 17.1 Å². The van der Waals surface area contributed by atoms with E-state index in [9.17, 15) is 9.59 Å². The highest BCUT2D eigenvalue weighted by atomic mass is 16.5. The minimum Gasteiger partial charge on any atom is -0.497 e. The lowest BCUT2D eigenvalue weighted by molar-refractivity contribution is -0.139. The molecule has 2 N–H and O–H groups in total. The van der Waals surface area contributed by atoms with Crippen LogP contribution in [0.1, 0.15) is 37.7 Å². The molecule has 1 aliphatic carbocycles. The number of primary amides is 1. The second-order valence-electron chi connectivity index (χ2n) is 7.20. The maximum atomic E-state index is 12.6. The van der Waals surface area contributed by atoms with Gasteiger partial charge in [-0.3, -0.25) is 9.59 Å². The third-order valence-corrected chi connectivity index (χ3v) is 5.46.